The van der Waals surface area contributed by atoms with E-state index in [9.17, 15) is 48.3 Å². The van der Waals surface area contributed by atoms with Gasteiger partial charge in [-0.25, -0.2) is 9.13 Å². The number of amides is 4. The number of hydrogen-bond acceptors (Lipinski definition) is 14. The monoisotopic (exact) mass is 1280 g/mol. The molecule has 0 bridgehead atoms. The Kier molecular flexibility index (Phi) is 67.2. The summed E-state index contributed by atoms with van der Waals surface area (Å²) in [5.74, 6) is -1.93. The summed E-state index contributed by atoms with van der Waals surface area (Å²) >= 11 is 0. The van der Waals surface area contributed by atoms with Crippen LogP contribution in [-0.2, 0) is 55.9 Å². The molecule has 0 rings (SSSR count). The van der Waals surface area contributed by atoms with Crippen LogP contribution in [0.3, 0.4) is 0 Å². The molecule has 2 unspecified atom stereocenters. The minimum atomic E-state index is -4.66. The van der Waals surface area contributed by atoms with Crippen molar-refractivity contribution in [3.63, 3.8) is 0 Å². The number of hydrogen-bond donors (Lipinski definition) is 8. The van der Waals surface area contributed by atoms with Crippen molar-refractivity contribution < 1.29 is 138 Å². The van der Waals surface area contributed by atoms with Gasteiger partial charge >= 0.3 is 74.8 Å². The van der Waals surface area contributed by atoms with Gasteiger partial charge in [-0.2, -0.15) is 0 Å². The molecule has 0 saturated carbocycles. The number of carbonyl (C=O) groups is 4. The number of phosphoric ester groups is 2. The number of carbonyl (C=O) groups excluding carboxylic acids is 4. The second-order valence-corrected chi connectivity index (χ2v) is 25.5. The Labute approximate surface area is 562 Å². The van der Waals surface area contributed by atoms with Crippen LogP contribution in [0, 0.1) is 0 Å². The molecule has 0 saturated heterocycles. The molecule has 496 valence electrons. The van der Waals surface area contributed by atoms with Gasteiger partial charge in [0.25, 0.3) is 0 Å². The van der Waals surface area contributed by atoms with Crippen LogP contribution in [-0.4, -0.2) is 134 Å². The summed E-state index contributed by atoms with van der Waals surface area (Å²) in [6.45, 7) is 6.99. The van der Waals surface area contributed by atoms with Crippen LogP contribution in [0.2, 0.25) is 0 Å². The van der Waals surface area contributed by atoms with Crippen LogP contribution in [0.15, 0.2) is 0 Å². The first-order valence-corrected chi connectivity index (χ1v) is 35.9. The summed E-state index contributed by atoms with van der Waals surface area (Å²) in [4.78, 5) is 71.6. The SMILES string of the molecule is CCCCCCCCCCCCCC(=O)N[C@@H](COCC[C@H](O)CCCCCCC)COP(=O)(O)OCCNC(=O)CC(=O)NCCOP(=O)(O)OC[C@H](COCC[C@H](O)CCCCCCC)NC(=O)CCCCCCCCCCCCC.[H-].[H-].[Na+].[Na+]. The number of nitrogens with one attached hydrogen (secondary N) is 4. The van der Waals surface area contributed by atoms with Gasteiger partial charge < -0.3 is 53.6 Å². The third kappa shape index (κ3) is 63.9. The molecule has 0 aromatic heterocycles. The minimum absolute atomic E-state index is 0. The van der Waals surface area contributed by atoms with E-state index in [2.05, 4.69) is 49.0 Å². The number of phosphoric acid groups is 2. The Hall–Kier alpha value is -0.0600. The maximum Gasteiger partial charge on any atom is 1.00 e. The van der Waals surface area contributed by atoms with Crippen LogP contribution >= 0.6 is 15.6 Å². The first-order valence-electron chi connectivity index (χ1n) is 32.9. The second kappa shape index (κ2) is 64.1. The standard InChI is InChI=1S/C61H122N4O16P2.2Na.2H/c1-5-9-13-17-19-21-23-25-27-31-35-39-58(68)64-54(50-76-45-41-56(66)37-33-29-15-11-7-3)52-80-82(72,73)78-47-43-62-60(70)49-61(71)63-44-48-79-83(74,75)81-53-55(51-77-46-42-57(67)38-34-30-16-12-8-4)65-59(69)40-36-32-28-26-24-22-20-18-14-10-6-2;;;;/h54-57,66-67H,5-53H2,1-4H3,(H,62,70)(H,63,71)(H,64,68)(H,65,69)(H,72,73)(H,74,75);;;;/q;2*+1;2*-1/t54-,55-,56+,57+;;;;/m0..../s1. The average Bonchev–Trinajstić information content (AvgIpc) is 3.67. The number of unbranched alkanes of at least 4 members (excludes halogenated alkanes) is 28. The van der Waals surface area contributed by atoms with E-state index in [1.165, 1.54) is 103 Å². The van der Waals surface area contributed by atoms with Gasteiger partial charge in [0.05, 0.1) is 63.9 Å². The molecule has 0 aromatic carbocycles. The summed E-state index contributed by atoms with van der Waals surface area (Å²) in [6, 6.07) is -1.55. The van der Waals surface area contributed by atoms with Gasteiger partial charge in [0.2, 0.25) is 23.6 Å². The largest absolute Gasteiger partial charge is 1.00 e. The molecule has 24 heteroatoms. The Bertz CT molecular complexity index is 1550. The maximum absolute atomic E-state index is 12.9. The van der Waals surface area contributed by atoms with Gasteiger partial charge in [-0.3, -0.25) is 37.3 Å². The summed E-state index contributed by atoms with van der Waals surface area (Å²) in [5, 5.41) is 31.3. The van der Waals surface area contributed by atoms with E-state index in [1.54, 1.807) is 0 Å². The van der Waals surface area contributed by atoms with Crippen LogP contribution in [0.5, 0.6) is 0 Å². The van der Waals surface area contributed by atoms with E-state index in [0.717, 1.165) is 89.9 Å². The molecular weight excluding hydrogens is 1150 g/mol. The van der Waals surface area contributed by atoms with Crippen LogP contribution in [0.1, 0.15) is 281 Å². The van der Waals surface area contributed by atoms with E-state index in [1.807, 2.05) is 0 Å². The molecule has 0 aromatic rings. The number of ether oxygens (including phenoxy) is 2. The van der Waals surface area contributed by atoms with Crippen molar-refractivity contribution in [1.29, 1.82) is 0 Å². The predicted molar refractivity (Wildman–Crippen MR) is 332 cm³/mol. The quantitative estimate of drug-likeness (QED) is 0.0135. The first kappa shape index (κ1) is 89.1. The van der Waals surface area contributed by atoms with Gasteiger partial charge in [-0.15, -0.1) is 0 Å². The number of aliphatic hydroxyl groups excluding tert-OH is 2. The molecule has 0 aliphatic carbocycles. The van der Waals surface area contributed by atoms with Crippen molar-refractivity contribution in [2.24, 2.45) is 0 Å². The number of aliphatic hydroxyl groups is 2. The summed E-state index contributed by atoms with van der Waals surface area (Å²) < 4.78 is 57.7. The molecule has 0 aliphatic heterocycles. The van der Waals surface area contributed by atoms with Crippen molar-refractivity contribution in [2.75, 3.05) is 65.9 Å². The summed E-state index contributed by atoms with van der Waals surface area (Å²) in [6.07, 6.45) is 37.3. The average molecular weight is 1280 g/mol. The Morgan fingerprint density at radius 2 is 0.659 bits per heavy atom. The van der Waals surface area contributed by atoms with Crippen molar-refractivity contribution in [3.05, 3.63) is 0 Å². The van der Waals surface area contributed by atoms with Crippen molar-refractivity contribution in [1.82, 2.24) is 21.3 Å². The molecule has 0 heterocycles. The third-order valence-electron chi connectivity index (χ3n) is 14.4. The van der Waals surface area contributed by atoms with Crippen LogP contribution in [0.4, 0.5) is 0 Å². The molecule has 6 atom stereocenters. The van der Waals surface area contributed by atoms with Gasteiger partial charge in [0, 0.05) is 39.1 Å². The van der Waals surface area contributed by atoms with Gasteiger partial charge in [-0.1, -0.05) is 220 Å². The maximum atomic E-state index is 12.9. The zero-order valence-corrected chi connectivity index (χ0v) is 60.3. The predicted octanol–water partition coefficient (Wildman–Crippen LogP) is 6.74. The molecule has 8 N–H and O–H groups in total. The summed E-state index contributed by atoms with van der Waals surface area (Å²) in [7, 11) is -9.31. The van der Waals surface area contributed by atoms with E-state index >= 15 is 0 Å². The Morgan fingerprint density at radius 3 is 0.965 bits per heavy atom. The van der Waals surface area contributed by atoms with Gasteiger partial charge in [0.1, 0.15) is 6.42 Å². The van der Waals surface area contributed by atoms with Crippen LogP contribution < -0.4 is 80.4 Å². The van der Waals surface area contributed by atoms with Crippen LogP contribution in [0.25, 0.3) is 0 Å². The fourth-order valence-corrected chi connectivity index (χ4v) is 10.9. The fourth-order valence-electron chi connectivity index (χ4n) is 9.32. The molecular formula is C61H124N4Na2O16P2. The first-order chi connectivity index (χ1) is 40.1. The molecule has 0 radical (unpaired) electrons. The second-order valence-electron chi connectivity index (χ2n) is 22.6. The van der Waals surface area contributed by atoms with E-state index in [-0.39, 0.29) is 126 Å². The molecule has 0 fully saturated rings. The van der Waals surface area contributed by atoms with Gasteiger partial charge in [0.15, 0.2) is 0 Å². The zero-order chi connectivity index (χ0) is 61.3. The molecule has 85 heavy (non-hydrogen) atoms. The third-order valence-corrected chi connectivity index (χ3v) is 16.4. The minimum Gasteiger partial charge on any atom is -1.00 e. The topological polar surface area (TPSA) is 287 Å². The molecule has 0 spiro atoms. The Balaban J connectivity index is -0.00000560. The van der Waals surface area contributed by atoms with Crippen molar-refractivity contribution in [2.45, 2.75) is 302 Å². The van der Waals surface area contributed by atoms with E-state index < -0.39 is 84.6 Å². The molecule has 0 aliphatic rings. The van der Waals surface area contributed by atoms with Gasteiger partial charge in [-0.05, 0) is 38.5 Å². The van der Waals surface area contributed by atoms with Crippen molar-refractivity contribution >= 4 is 39.3 Å². The summed E-state index contributed by atoms with van der Waals surface area (Å²) in [5.41, 5.74) is 0. The van der Waals surface area contributed by atoms with E-state index in [4.69, 9.17) is 27.6 Å². The smallest absolute Gasteiger partial charge is 1.00 e. The molecule has 4 amide bonds. The fraction of sp³-hybridized carbons (Fsp3) is 0.934. The molecule has 20 nitrogen and oxygen atoms in total. The number of rotatable bonds is 64. The normalized spacial score (nSPS) is 14.2. The van der Waals surface area contributed by atoms with Crippen molar-refractivity contribution in [3.8, 4) is 0 Å². The zero-order valence-electron chi connectivity index (χ0n) is 56.5. The van der Waals surface area contributed by atoms with E-state index in [0.29, 0.717) is 38.5 Å². The Morgan fingerprint density at radius 1 is 0.376 bits per heavy atom.